The Hall–Kier alpha value is -0.810. The van der Waals surface area contributed by atoms with E-state index in [2.05, 4.69) is 31.1 Å². The highest BCUT2D eigenvalue weighted by molar-refractivity contribution is 5.85. The summed E-state index contributed by atoms with van der Waals surface area (Å²) in [5.74, 6) is -0.217. The molecule has 3 N–H and O–H groups in total. The minimum atomic E-state index is -0.265. The van der Waals surface area contributed by atoms with Crippen molar-refractivity contribution in [2.24, 2.45) is 11.7 Å². The average Bonchev–Trinajstić information content (AvgIpc) is 2.53. The maximum atomic E-state index is 12.2. The SMILES string of the molecule is CCC(C)N(C)CCNC(=O)C(C)C(N)c1ccccc1.Cl.Cl. The Morgan fingerprint density at radius 1 is 1.22 bits per heavy atom. The first-order valence-electron chi connectivity index (χ1n) is 7.75. The molecule has 0 aromatic heterocycles. The zero-order valence-corrected chi connectivity index (χ0v) is 16.1. The summed E-state index contributed by atoms with van der Waals surface area (Å²) in [5.41, 5.74) is 7.17. The summed E-state index contributed by atoms with van der Waals surface area (Å²) < 4.78 is 0. The summed E-state index contributed by atoms with van der Waals surface area (Å²) in [6.45, 7) is 7.75. The van der Waals surface area contributed by atoms with Crippen molar-refractivity contribution in [2.45, 2.75) is 39.3 Å². The van der Waals surface area contributed by atoms with Gasteiger partial charge >= 0.3 is 0 Å². The quantitative estimate of drug-likeness (QED) is 0.746. The molecule has 0 aliphatic rings. The van der Waals surface area contributed by atoms with Crippen molar-refractivity contribution >= 4 is 30.7 Å². The van der Waals surface area contributed by atoms with E-state index in [1.165, 1.54) is 0 Å². The van der Waals surface area contributed by atoms with Gasteiger partial charge in [-0.15, -0.1) is 24.8 Å². The molecule has 3 unspecified atom stereocenters. The van der Waals surface area contributed by atoms with Crippen LogP contribution in [0, 0.1) is 5.92 Å². The van der Waals surface area contributed by atoms with E-state index in [9.17, 15) is 4.79 Å². The second-order valence-electron chi connectivity index (χ2n) is 5.75. The van der Waals surface area contributed by atoms with Gasteiger partial charge in [0.05, 0.1) is 5.92 Å². The highest BCUT2D eigenvalue weighted by atomic mass is 35.5. The third-order valence-electron chi connectivity index (χ3n) is 4.24. The van der Waals surface area contributed by atoms with Crippen molar-refractivity contribution in [1.29, 1.82) is 0 Å². The lowest BCUT2D eigenvalue weighted by molar-refractivity contribution is -0.125. The van der Waals surface area contributed by atoms with Crippen molar-refractivity contribution in [3.8, 4) is 0 Å². The van der Waals surface area contributed by atoms with Gasteiger partial charge in [0.15, 0.2) is 0 Å². The first-order valence-corrected chi connectivity index (χ1v) is 7.75. The number of hydrogen-bond acceptors (Lipinski definition) is 3. The van der Waals surface area contributed by atoms with Crippen molar-refractivity contribution in [1.82, 2.24) is 10.2 Å². The molecule has 0 aliphatic heterocycles. The molecule has 0 radical (unpaired) electrons. The highest BCUT2D eigenvalue weighted by Gasteiger charge is 2.21. The lowest BCUT2D eigenvalue weighted by Crippen LogP contribution is -2.40. The van der Waals surface area contributed by atoms with Gasteiger partial charge in [-0.2, -0.15) is 0 Å². The van der Waals surface area contributed by atoms with Crippen LogP contribution in [-0.4, -0.2) is 37.0 Å². The van der Waals surface area contributed by atoms with Gasteiger partial charge in [0, 0.05) is 25.2 Å². The summed E-state index contributed by atoms with van der Waals surface area (Å²) in [5, 5.41) is 2.98. The molecule has 6 heteroatoms. The van der Waals surface area contributed by atoms with E-state index in [4.69, 9.17) is 5.73 Å². The Labute approximate surface area is 153 Å². The lowest BCUT2D eigenvalue weighted by atomic mass is 9.95. The molecule has 0 fully saturated rings. The Morgan fingerprint density at radius 3 is 2.30 bits per heavy atom. The van der Waals surface area contributed by atoms with E-state index in [1.807, 2.05) is 37.3 Å². The molecule has 0 bridgehead atoms. The number of carbonyl (C=O) groups excluding carboxylic acids is 1. The molecule has 1 amide bonds. The number of amides is 1. The van der Waals surface area contributed by atoms with Crippen LogP contribution in [0.1, 0.15) is 38.8 Å². The number of hydrogen-bond donors (Lipinski definition) is 2. The van der Waals surface area contributed by atoms with E-state index in [0.29, 0.717) is 12.6 Å². The topological polar surface area (TPSA) is 58.4 Å². The number of benzene rings is 1. The van der Waals surface area contributed by atoms with E-state index in [-0.39, 0.29) is 42.7 Å². The first-order chi connectivity index (χ1) is 9.97. The number of nitrogens with zero attached hydrogens (tertiary/aromatic N) is 1. The molecule has 3 atom stereocenters. The molecular formula is C17H31Cl2N3O. The molecule has 23 heavy (non-hydrogen) atoms. The Balaban J connectivity index is 0. The van der Waals surface area contributed by atoms with Crippen LogP contribution in [0.25, 0.3) is 0 Å². The lowest BCUT2D eigenvalue weighted by Gasteiger charge is -2.24. The standard InChI is InChI=1S/C17H29N3O.2ClH/c1-5-13(2)20(4)12-11-19-17(21)14(3)16(18)15-9-7-6-8-10-15;;/h6-10,13-14,16H,5,11-12,18H2,1-4H3,(H,19,21);2*1H. The summed E-state index contributed by atoms with van der Waals surface area (Å²) in [7, 11) is 2.08. The average molecular weight is 364 g/mol. The van der Waals surface area contributed by atoms with Crippen LogP contribution < -0.4 is 11.1 Å². The zero-order chi connectivity index (χ0) is 15.8. The van der Waals surface area contributed by atoms with Crippen molar-refractivity contribution in [3.05, 3.63) is 35.9 Å². The number of rotatable bonds is 8. The number of halogens is 2. The van der Waals surface area contributed by atoms with Gasteiger partial charge in [-0.1, -0.05) is 44.2 Å². The van der Waals surface area contributed by atoms with Crippen LogP contribution >= 0.6 is 24.8 Å². The number of carbonyl (C=O) groups is 1. The number of nitrogens with two attached hydrogens (primary N) is 1. The second kappa shape index (κ2) is 12.6. The molecule has 0 aliphatic carbocycles. The minimum absolute atomic E-state index is 0. The second-order valence-corrected chi connectivity index (χ2v) is 5.75. The summed E-state index contributed by atoms with van der Waals surface area (Å²) in [4.78, 5) is 14.4. The fourth-order valence-corrected chi connectivity index (χ4v) is 2.18. The van der Waals surface area contributed by atoms with Crippen molar-refractivity contribution < 1.29 is 4.79 Å². The molecule has 134 valence electrons. The molecular weight excluding hydrogens is 333 g/mol. The minimum Gasteiger partial charge on any atom is -0.355 e. The van der Waals surface area contributed by atoms with E-state index < -0.39 is 0 Å². The third kappa shape index (κ3) is 8.02. The number of nitrogens with one attached hydrogen (secondary N) is 1. The van der Waals surface area contributed by atoms with Crippen molar-refractivity contribution in [3.63, 3.8) is 0 Å². The van der Waals surface area contributed by atoms with Crippen LogP contribution in [0.3, 0.4) is 0 Å². The Morgan fingerprint density at radius 2 is 1.78 bits per heavy atom. The molecule has 0 heterocycles. The van der Waals surface area contributed by atoms with E-state index in [1.54, 1.807) is 0 Å². The summed E-state index contributed by atoms with van der Waals surface area (Å²) in [6.07, 6.45) is 1.11. The Kier molecular flexibility index (Phi) is 13.4. The zero-order valence-electron chi connectivity index (χ0n) is 14.5. The first kappa shape index (κ1) is 24.4. The smallest absolute Gasteiger partial charge is 0.224 e. The fraction of sp³-hybridized carbons (Fsp3) is 0.588. The number of likely N-dealkylation sites (N-methyl/N-ethyl adjacent to an activating group) is 1. The molecule has 1 aromatic carbocycles. The van der Waals surface area contributed by atoms with Gasteiger partial charge in [-0.05, 0) is 26.0 Å². The predicted molar refractivity (Wildman–Crippen MR) is 102 cm³/mol. The van der Waals surface area contributed by atoms with Gasteiger partial charge in [0.25, 0.3) is 0 Å². The third-order valence-corrected chi connectivity index (χ3v) is 4.24. The van der Waals surface area contributed by atoms with Crippen LogP contribution in [0.2, 0.25) is 0 Å². The van der Waals surface area contributed by atoms with Gasteiger partial charge < -0.3 is 16.0 Å². The normalized spacial score (nSPS) is 14.2. The Bertz CT molecular complexity index is 431. The monoisotopic (exact) mass is 363 g/mol. The van der Waals surface area contributed by atoms with Gasteiger partial charge in [0.2, 0.25) is 5.91 Å². The van der Waals surface area contributed by atoms with Crippen molar-refractivity contribution in [2.75, 3.05) is 20.1 Å². The van der Waals surface area contributed by atoms with E-state index >= 15 is 0 Å². The van der Waals surface area contributed by atoms with Gasteiger partial charge in [-0.25, -0.2) is 0 Å². The van der Waals surface area contributed by atoms with E-state index in [0.717, 1.165) is 18.5 Å². The van der Waals surface area contributed by atoms with Gasteiger partial charge in [-0.3, -0.25) is 4.79 Å². The highest BCUT2D eigenvalue weighted by Crippen LogP contribution is 2.18. The molecule has 1 aromatic rings. The molecule has 0 spiro atoms. The van der Waals surface area contributed by atoms with Gasteiger partial charge in [0.1, 0.15) is 0 Å². The largest absolute Gasteiger partial charge is 0.355 e. The van der Waals surface area contributed by atoms with Crippen LogP contribution in [0.5, 0.6) is 0 Å². The predicted octanol–water partition coefficient (Wildman–Crippen LogP) is 3.01. The molecule has 4 nitrogen and oxygen atoms in total. The summed E-state index contributed by atoms with van der Waals surface area (Å²) >= 11 is 0. The van der Waals surface area contributed by atoms with Crippen LogP contribution in [0.4, 0.5) is 0 Å². The molecule has 0 saturated carbocycles. The maximum absolute atomic E-state index is 12.2. The molecule has 1 rings (SSSR count). The summed E-state index contributed by atoms with van der Waals surface area (Å²) in [6, 6.07) is 10.0. The fourth-order valence-electron chi connectivity index (χ4n) is 2.18. The van der Waals surface area contributed by atoms with Crippen LogP contribution in [0.15, 0.2) is 30.3 Å². The van der Waals surface area contributed by atoms with Crippen LogP contribution in [-0.2, 0) is 4.79 Å². The molecule has 0 saturated heterocycles. The maximum Gasteiger partial charge on any atom is 0.224 e.